The Morgan fingerprint density at radius 1 is 1.20 bits per heavy atom. The van der Waals surface area contributed by atoms with Gasteiger partial charge in [-0.15, -0.1) is 0 Å². The molecule has 9 heteroatoms. The molecule has 0 fully saturated rings. The van der Waals surface area contributed by atoms with Crippen LogP contribution in [0, 0.1) is 13.8 Å². The summed E-state index contributed by atoms with van der Waals surface area (Å²) in [6.45, 7) is 7.53. The second-order valence-electron chi connectivity index (χ2n) is 5.35. The summed E-state index contributed by atoms with van der Waals surface area (Å²) in [5, 5.41) is 3.12. The van der Waals surface area contributed by atoms with Crippen LogP contribution in [0.4, 0.5) is 11.6 Å². The van der Waals surface area contributed by atoms with Crippen LogP contribution in [0.5, 0.6) is 0 Å². The van der Waals surface area contributed by atoms with E-state index in [0.29, 0.717) is 24.0 Å². The summed E-state index contributed by atoms with van der Waals surface area (Å²) in [5.41, 5.74) is 2.64. The lowest BCUT2D eigenvalue weighted by Crippen LogP contribution is -2.48. The summed E-state index contributed by atoms with van der Waals surface area (Å²) >= 11 is 0. The first-order chi connectivity index (χ1) is 9.04. The first-order valence-electron chi connectivity index (χ1n) is 6.09. The number of nitrogens with zero attached hydrogens (tertiary/aromatic N) is 2. The predicted molar refractivity (Wildman–Crippen MR) is 79.9 cm³/mol. The zero-order valence-electron chi connectivity index (χ0n) is 12.4. The molecule has 0 radical (unpaired) electrons. The van der Waals surface area contributed by atoms with Crippen LogP contribution in [-0.2, 0) is 10.0 Å². The Labute approximate surface area is 119 Å². The number of hydrogen-bond donors (Lipinski definition) is 4. The molecule has 20 heavy (non-hydrogen) atoms. The molecule has 5 N–H and O–H groups in total. The molecule has 0 aliphatic rings. The minimum atomic E-state index is -3.27. The molecule has 0 aliphatic heterocycles. The van der Waals surface area contributed by atoms with Gasteiger partial charge in [-0.3, -0.25) is 0 Å². The van der Waals surface area contributed by atoms with Gasteiger partial charge in [0.1, 0.15) is 17.5 Å². The van der Waals surface area contributed by atoms with Crippen molar-refractivity contribution in [3.63, 3.8) is 0 Å². The maximum atomic E-state index is 11.3. The number of hydrazine groups is 1. The molecule has 1 heterocycles. The van der Waals surface area contributed by atoms with Gasteiger partial charge in [0, 0.05) is 17.6 Å². The van der Waals surface area contributed by atoms with Crippen LogP contribution in [0.1, 0.15) is 25.2 Å². The number of hydrogen-bond acceptors (Lipinski definition) is 7. The third-order valence-electron chi connectivity index (χ3n) is 2.55. The van der Waals surface area contributed by atoms with Crippen LogP contribution in [-0.4, -0.2) is 36.7 Å². The van der Waals surface area contributed by atoms with E-state index in [4.69, 9.17) is 5.84 Å². The zero-order chi connectivity index (χ0) is 15.6. The lowest BCUT2D eigenvalue weighted by Gasteiger charge is -2.26. The van der Waals surface area contributed by atoms with Crippen molar-refractivity contribution < 1.29 is 8.42 Å². The molecule has 0 aromatic carbocycles. The van der Waals surface area contributed by atoms with E-state index in [9.17, 15) is 8.42 Å². The quantitative estimate of drug-likeness (QED) is 0.435. The Balaban J connectivity index is 2.87. The van der Waals surface area contributed by atoms with E-state index in [2.05, 4.69) is 25.4 Å². The second kappa shape index (κ2) is 5.90. The van der Waals surface area contributed by atoms with Crippen molar-refractivity contribution >= 4 is 21.7 Å². The van der Waals surface area contributed by atoms with Crippen LogP contribution < -0.4 is 21.3 Å². The minimum Gasteiger partial charge on any atom is -0.368 e. The van der Waals surface area contributed by atoms with E-state index in [1.165, 1.54) is 0 Å². The maximum absolute atomic E-state index is 11.3. The average Bonchev–Trinajstić information content (AvgIpc) is 2.26. The molecule has 0 atom stereocenters. The Morgan fingerprint density at radius 3 is 2.25 bits per heavy atom. The summed E-state index contributed by atoms with van der Waals surface area (Å²) in [5.74, 6) is 7.12. The zero-order valence-corrected chi connectivity index (χ0v) is 13.2. The van der Waals surface area contributed by atoms with Gasteiger partial charge in [0.05, 0.1) is 6.26 Å². The fourth-order valence-corrected chi connectivity index (χ4v) is 2.86. The van der Waals surface area contributed by atoms with E-state index < -0.39 is 15.6 Å². The average molecular weight is 302 g/mol. The third-order valence-corrected chi connectivity index (χ3v) is 3.48. The fraction of sp³-hybridized carbons (Fsp3) is 0.636. The van der Waals surface area contributed by atoms with E-state index in [-0.39, 0.29) is 0 Å². The topological polar surface area (TPSA) is 122 Å². The Morgan fingerprint density at radius 2 is 1.75 bits per heavy atom. The van der Waals surface area contributed by atoms with Crippen molar-refractivity contribution in [1.82, 2.24) is 14.7 Å². The van der Waals surface area contributed by atoms with E-state index >= 15 is 0 Å². The molecule has 0 saturated carbocycles. The number of aryl methyl sites for hydroxylation is 1. The van der Waals surface area contributed by atoms with Gasteiger partial charge >= 0.3 is 0 Å². The first-order valence-corrected chi connectivity index (χ1v) is 7.98. The predicted octanol–water partition coefficient (Wildman–Crippen LogP) is 0.119. The van der Waals surface area contributed by atoms with Crippen LogP contribution in [0.15, 0.2) is 0 Å². The number of nitrogen functional groups attached to an aromatic ring is 1. The molecule has 0 spiro atoms. The molecule has 0 aliphatic carbocycles. The molecule has 0 unspecified atom stereocenters. The van der Waals surface area contributed by atoms with E-state index in [1.54, 1.807) is 20.8 Å². The number of sulfonamides is 1. The highest BCUT2D eigenvalue weighted by atomic mass is 32.2. The van der Waals surface area contributed by atoms with Crippen molar-refractivity contribution in [2.24, 2.45) is 5.84 Å². The van der Waals surface area contributed by atoms with Gasteiger partial charge in [0.15, 0.2) is 0 Å². The largest absolute Gasteiger partial charge is 0.368 e. The van der Waals surface area contributed by atoms with Crippen LogP contribution >= 0.6 is 0 Å². The summed E-state index contributed by atoms with van der Waals surface area (Å²) in [7, 11) is -3.27. The minimum absolute atomic E-state index is 0.376. The number of aromatic nitrogens is 2. The maximum Gasteiger partial charge on any atom is 0.209 e. The van der Waals surface area contributed by atoms with Gasteiger partial charge < -0.3 is 10.7 Å². The number of anilines is 2. The van der Waals surface area contributed by atoms with Gasteiger partial charge in [-0.25, -0.2) is 29.0 Å². The highest BCUT2D eigenvalue weighted by molar-refractivity contribution is 7.88. The lowest BCUT2D eigenvalue weighted by atomic mass is 10.1. The molecule has 1 rings (SSSR count). The standard InChI is InChI=1S/C11H22N6O2S/c1-7-9(14-8(2)15-10(7)16-12)13-6-11(3,4)17-20(5,18)19/h17H,6,12H2,1-5H3,(H2,13,14,15,16). The van der Waals surface area contributed by atoms with Gasteiger partial charge in [-0.2, -0.15) is 0 Å². The van der Waals surface area contributed by atoms with Crippen LogP contribution in [0.2, 0.25) is 0 Å². The Bertz CT molecular complexity index is 585. The molecule has 1 aromatic heterocycles. The fourth-order valence-electron chi connectivity index (χ4n) is 1.78. The molecule has 1 aromatic rings. The highest BCUT2D eigenvalue weighted by Crippen LogP contribution is 2.19. The van der Waals surface area contributed by atoms with Gasteiger partial charge in [0.2, 0.25) is 10.0 Å². The SMILES string of the molecule is Cc1nc(NN)c(C)c(NCC(C)(C)NS(C)(=O)=O)n1. The van der Waals surface area contributed by atoms with Gasteiger partial charge in [0.25, 0.3) is 0 Å². The molecule has 0 amide bonds. The van der Waals surface area contributed by atoms with Gasteiger partial charge in [-0.05, 0) is 27.7 Å². The monoisotopic (exact) mass is 302 g/mol. The molecule has 0 saturated heterocycles. The third kappa shape index (κ3) is 4.91. The van der Waals surface area contributed by atoms with E-state index in [1.807, 2.05) is 6.92 Å². The van der Waals surface area contributed by atoms with Crippen molar-refractivity contribution in [3.8, 4) is 0 Å². The second-order valence-corrected chi connectivity index (χ2v) is 7.10. The van der Waals surface area contributed by atoms with Gasteiger partial charge in [-0.1, -0.05) is 0 Å². The molecule has 114 valence electrons. The van der Waals surface area contributed by atoms with Crippen molar-refractivity contribution in [1.29, 1.82) is 0 Å². The smallest absolute Gasteiger partial charge is 0.209 e. The number of rotatable bonds is 6. The lowest BCUT2D eigenvalue weighted by molar-refractivity contribution is 0.475. The Kier molecular flexibility index (Phi) is 4.90. The van der Waals surface area contributed by atoms with Crippen molar-refractivity contribution in [2.45, 2.75) is 33.2 Å². The normalized spacial score (nSPS) is 12.3. The number of nitrogens with two attached hydrogens (primary N) is 1. The van der Waals surface area contributed by atoms with Crippen molar-refractivity contribution in [3.05, 3.63) is 11.4 Å². The summed E-state index contributed by atoms with van der Waals surface area (Å²) in [6, 6.07) is 0. The van der Waals surface area contributed by atoms with E-state index in [0.717, 1.165) is 11.8 Å². The van der Waals surface area contributed by atoms with Crippen LogP contribution in [0.25, 0.3) is 0 Å². The number of nitrogens with one attached hydrogen (secondary N) is 3. The molecule has 8 nitrogen and oxygen atoms in total. The first kappa shape index (κ1) is 16.6. The molecular weight excluding hydrogens is 280 g/mol. The summed E-state index contributed by atoms with van der Waals surface area (Å²) < 4.78 is 25.1. The highest BCUT2D eigenvalue weighted by Gasteiger charge is 2.22. The summed E-state index contributed by atoms with van der Waals surface area (Å²) in [4.78, 5) is 8.44. The van der Waals surface area contributed by atoms with Crippen LogP contribution in [0.3, 0.4) is 0 Å². The molecule has 0 bridgehead atoms. The van der Waals surface area contributed by atoms with Crippen molar-refractivity contribution in [2.75, 3.05) is 23.5 Å². The molecular formula is C11H22N6O2S. The summed E-state index contributed by atoms with van der Waals surface area (Å²) in [6.07, 6.45) is 1.13. The Hall–Kier alpha value is -1.45.